The molecule has 1 atom stereocenters. The normalized spacial score (nSPS) is 13.7. The second-order valence-corrected chi connectivity index (χ2v) is 3.30. The Bertz CT molecular complexity index is 390. The monoisotopic (exact) mass is 244 g/mol. The summed E-state index contributed by atoms with van der Waals surface area (Å²) < 4.78 is 70.6. The van der Waals surface area contributed by atoms with E-state index in [9.17, 15) is 21.8 Å². The van der Waals surface area contributed by atoms with Crippen molar-refractivity contribution < 1.29 is 31.1 Å². The Morgan fingerprint density at radius 2 is 1.93 bits per heavy atom. The predicted octanol–water partition coefficient (Wildman–Crippen LogP) is 2.30. The van der Waals surface area contributed by atoms with E-state index in [1.807, 2.05) is 0 Å². The van der Waals surface area contributed by atoms with Gasteiger partial charge >= 0.3 is 6.36 Å². The fraction of sp³-hybridized carbons (Fsp3) is 0.143. The van der Waals surface area contributed by atoms with Crippen molar-refractivity contribution in [1.82, 2.24) is 0 Å². The average Bonchev–Trinajstić information content (AvgIpc) is 2.05. The van der Waals surface area contributed by atoms with Gasteiger partial charge in [0.1, 0.15) is 4.90 Å². The standard InChI is InChI=1S/C7H4F4O3S/c8-6-4(14-7(9,10)11)2-1-3-5(6)15(12)13/h1-3H,(H,12,13). The van der Waals surface area contributed by atoms with Crippen LogP contribution in [0.1, 0.15) is 0 Å². The lowest BCUT2D eigenvalue weighted by Gasteiger charge is -2.10. The van der Waals surface area contributed by atoms with Crippen LogP contribution in [-0.4, -0.2) is 15.1 Å². The first-order valence-corrected chi connectivity index (χ1v) is 4.57. The van der Waals surface area contributed by atoms with Crippen LogP contribution in [0.2, 0.25) is 0 Å². The Morgan fingerprint density at radius 3 is 2.40 bits per heavy atom. The zero-order valence-electron chi connectivity index (χ0n) is 6.92. The summed E-state index contributed by atoms with van der Waals surface area (Å²) >= 11 is -2.70. The summed E-state index contributed by atoms with van der Waals surface area (Å²) in [6.07, 6.45) is -5.05. The number of rotatable bonds is 2. The van der Waals surface area contributed by atoms with E-state index >= 15 is 0 Å². The minimum atomic E-state index is -5.05. The third-order valence-electron chi connectivity index (χ3n) is 1.34. The van der Waals surface area contributed by atoms with Crippen molar-refractivity contribution >= 4 is 11.1 Å². The second kappa shape index (κ2) is 4.15. The van der Waals surface area contributed by atoms with Crippen LogP contribution in [-0.2, 0) is 11.1 Å². The molecule has 8 heteroatoms. The van der Waals surface area contributed by atoms with E-state index in [0.29, 0.717) is 6.07 Å². The molecule has 84 valence electrons. The van der Waals surface area contributed by atoms with Gasteiger partial charge in [0.15, 0.2) is 22.6 Å². The topological polar surface area (TPSA) is 46.5 Å². The molecule has 0 saturated carbocycles. The molecule has 0 fully saturated rings. The van der Waals surface area contributed by atoms with Crippen molar-refractivity contribution in [2.24, 2.45) is 0 Å². The van der Waals surface area contributed by atoms with E-state index in [1.54, 1.807) is 0 Å². The van der Waals surface area contributed by atoms with Crippen molar-refractivity contribution in [3.8, 4) is 5.75 Å². The highest BCUT2D eigenvalue weighted by Crippen LogP contribution is 2.28. The molecule has 1 rings (SSSR count). The summed E-state index contributed by atoms with van der Waals surface area (Å²) in [6.45, 7) is 0. The minimum Gasteiger partial charge on any atom is -0.403 e. The van der Waals surface area contributed by atoms with Gasteiger partial charge in [0.25, 0.3) is 0 Å². The number of ether oxygens (including phenoxy) is 1. The second-order valence-electron chi connectivity index (χ2n) is 2.37. The van der Waals surface area contributed by atoms with Crippen LogP contribution in [0.3, 0.4) is 0 Å². The van der Waals surface area contributed by atoms with Gasteiger partial charge in [-0.05, 0) is 12.1 Å². The van der Waals surface area contributed by atoms with Crippen LogP contribution in [0.25, 0.3) is 0 Å². The van der Waals surface area contributed by atoms with Crippen LogP contribution in [0.5, 0.6) is 5.75 Å². The summed E-state index contributed by atoms with van der Waals surface area (Å²) in [6, 6.07) is 2.57. The van der Waals surface area contributed by atoms with Gasteiger partial charge in [-0.15, -0.1) is 13.2 Å². The molecule has 1 N–H and O–H groups in total. The van der Waals surface area contributed by atoms with E-state index in [-0.39, 0.29) is 0 Å². The van der Waals surface area contributed by atoms with Crippen LogP contribution in [0.15, 0.2) is 23.1 Å². The zero-order valence-corrected chi connectivity index (χ0v) is 7.73. The third kappa shape index (κ3) is 3.17. The Hall–Kier alpha value is -1.15. The molecule has 3 nitrogen and oxygen atoms in total. The molecule has 0 amide bonds. The van der Waals surface area contributed by atoms with E-state index in [1.165, 1.54) is 0 Å². The van der Waals surface area contributed by atoms with Crippen molar-refractivity contribution in [1.29, 1.82) is 0 Å². The van der Waals surface area contributed by atoms with Gasteiger partial charge in [-0.3, -0.25) is 0 Å². The Balaban J connectivity index is 3.10. The predicted molar refractivity (Wildman–Crippen MR) is 42.1 cm³/mol. The fourth-order valence-electron chi connectivity index (χ4n) is 0.829. The van der Waals surface area contributed by atoms with Gasteiger partial charge in [0.2, 0.25) is 0 Å². The first-order valence-electron chi connectivity index (χ1n) is 3.46. The molecule has 0 spiro atoms. The number of hydrogen-bond acceptors (Lipinski definition) is 2. The molecule has 0 saturated heterocycles. The lowest BCUT2D eigenvalue weighted by atomic mass is 10.3. The first-order chi connectivity index (χ1) is 6.81. The lowest BCUT2D eigenvalue weighted by molar-refractivity contribution is -0.275. The van der Waals surface area contributed by atoms with Crippen molar-refractivity contribution in [3.63, 3.8) is 0 Å². The molecule has 0 aliphatic heterocycles. The molecule has 1 aromatic carbocycles. The molecular formula is C7H4F4O3S. The molecule has 0 radical (unpaired) electrons. The SMILES string of the molecule is O=S(O)c1cccc(OC(F)(F)F)c1F. The summed E-state index contributed by atoms with van der Waals surface area (Å²) in [5, 5.41) is 0. The summed E-state index contributed by atoms with van der Waals surface area (Å²) in [5.74, 6) is -2.64. The summed E-state index contributed by atoms with van der Waals surface area (Å²) in [7, 11) is 0. The number of benzene rings is 1. The van der Waals surface area contributed by atoms with Crippen molar-refractivity contribution in [3.05, 3.63) is 24.0 Å². The van der Waals surface area contributed by atoms with Gasteiger partial charge in [0, 0.05) is 0 Å². The Kier molecular flexibility index (Phi) is 3.30. The zero-order chi connectivity index (χ0) is 11.6. The average molecular weight is 244 g/mol. The maximum Gasteiger partial charge on any atom is 0.573 e. The smallest absolute Gasteiger partial charge is 0.403 e. The molecule has 0 heterocycles. The van der Waals surface area contributed by atoms with Gasteiger partial charge in [-0.25, -0.2) is 8.60 Å². The lowest BCUT2D eigenvalue weighted by Crippen LogP contribution is -2.18. The molecule has 1 unspecified atom stereocenters. The Morgan fingerprint density at radius 1 is 1.33 bits per heavy atom. The maximum absolute atomic E-state index is 13.1. The third-order valence-corrected chi connectivity index (χ3v) is 2.03. The quantitative estimate of drug-likeness (QED) is 0.641. The number of hydrogen-bond donors (Lipinski definition) is 1. The molecule has 0 bridgehead atoms. The molecule has 0 aromatic heterocycles. The molecule has 1 aromatic rings. The van der Waals surface area contributed by atoms with E-state index in [2.05, 4.69) is 4.74 Å². The maximum atomic E-state index is 13.1. The molecular weight excluding hydrogens is 240 g/mol. The van der Waals surface area contributed by atoms with Gasteiger partial charge in [-0.1, -0.05) is 6.07 Å². The van der Waals surface area contributed by atoms with Gasteiger partial charge < -0.3 is 9.29 Å². The van der Waals surface area contributed by atoms with E-state index < -0.39 is 33.9 Å². The summed E-state index contributed by atoms with van der Waals surface area (Å²) in [4.78, 5) is -0.767. The highest BCUT2D eigenvalue weighted by molar-refractivity contribution is 7.79. The minimum absolute atomic E-state index is 0.708. The number of alkyl halides is 3. The molecule has 15 heavy (non-hydrogen) atoms. The highest BCUT2D eigenvalue weighted by Gasteiger charge is 2.33. The van der Waals surface area contributed by atoms with Crippen molar-refractivity contribution in [2.75, 3.05) is 0 Å². The van der Waals surface area contributed by atoms with Crippen LogP contribution < -0.4 is 4.74 Å². The number of halogens is 4. The van der Waals surface area contributed by atoms with Crippen LogP contribution >= 0.6 is 0 Å². The van der Waals surface area contributed by atoms with Gasteiger partial charge in [-0.2, -0.15) is 0 Å². The van der Waals surface area contributed by atoms with Gasteiger partial charge in [0.05, 0.1) is 0 Å². The molecule has 0 aliphatic rings. The van der Waals surface area contributed by atoms with Crippen molar-refractivity contribution in [2.45, 2.75) is 11.3 Å². The summed E-state index contributed by atoms with van der Waals surface area (Å²) in [5.41, 5.74) is 0. The Labute approximate surface area is 83.9 Å². The fourth-order valence-corrected chi connectivity index (χ4v) is 1.28. The van der Waals surface area contributed by atoms with E-state index in [4.69, 9.17) is 4.55 Å². The van der Waals surface area contributed by atoms with Crippen LogP contribution in [0.4, 0.5) is 17.6 Å². The largest absolute Gasteiger partial charge is 0.573 e. The first kappa shape index (κ1) is 11.9. The molecule has 0 aliphatic carbocycles. The highest BCUT2D eigenvalue weighted by atomic mass is 32.2. The van der Waals surface area contributed by atoms with Crippen LogP contribution in [0, 0.1) is 5.82 Å². The van der Waals surface area contributed by atoms with E-state index in [0.717, 1.165) is 12.1 Å².